The highest BCUT2D eigenvalue weighted by Crippen LogP contribution is 2.40. The molecule has 2 aliphatic carbocycles. The first kappa shape index (κ1) is 87.7. The number of hydrogen-bond donors (Lipinski definition) is 10. The van der Waals surface area contributed by atoms with Crippen LogP contribution < -0.4 is 42.5 Å². The van der Waals surface area contributed by atoms with Gasteiger partial charge in [0.1, 0.15) is 52.9 Å². The Hall–Kier alpha value is -13.2. The van der Waals surface area contributed by atoms with Crippen LogP contribution in [0, 0.1) is 22.7 Å². The number of aromatic amines is 2. The summed E-state index contributed by atoms with van der Waals surface area (Å²) in [5, 5.41) is 51.0. The maximum atomic E-state index is 13.5. The molecule has 8 aromatic carbocycles. The van der Waals surface area contributed by atoms with Crippen molar-refractivity contribution in [3.8, 4) is 57.7 Å². The second-order valence-electron chi connectivity index (χ2n) is 29.4. The number of imidazole rings is 1. The lowest BCUT2D eigenvalue weighted by Crippen LogP contribution is -2.19. The lowest BCUT2D eigenvalue weighted by atomic mass is 9.95. The summed E-state index contributed by atoms with van der Waals surface area (Å²) in [7, 11) is 0. The molecule has 0 bridgehead atoms. The monoisotopic (exact) mass is 1800 g/mol. The van der Waals surface area contributed by atoms with Gasteiger partial charge in [-0.05, 0) is 198 Å². The Morgan fingerprint density at radius 1 is 0.357 bits per heavy atom. The van der Waals surface area contributed by atoms with Crippen molar-refractivity contribution in [2.24, 2.45) is 0 Å². The predicted molar refractivity (Wildman–Crippen MR) is 503 cm³/mol. The zero-order valence-corrected chi connectivity index (χ0v) is 72.3. The minimum Gasteiger partial charge on any atom is -0.372 e. The number of nitrogens with one attached hydrogen (secondary N) is 10. The maximum Gasteiger partial charge on any atom is 0.417 e. The van der Waals surface area contributed by atoms with Crippen molar-refractivity contribution in [2.75, 3.05) is 94.9 Å². The van der Waals surface area contributed by atoms with Gasteiger partial charge in [-0.2, -0.15) is 23.7 Å². The van der Waals surface area contributed by atoms with Crippen LogP contribution in [0.1, 0.15) is 77.7 Å². The fourth-order valence-electron chi connectivity index (χ4n) is 14.4. The molecule has 0 radical (unpaired) electrons. The number of rotatable bonds is 26. The highest BCUT2D eigenvalue weighted by Gasteiger charge is 2.35. The quantitative estimate of drug-likeness (QED) is 0.0225. The Balaban J connectivity index is 0.000000130. The summed E-state index contributed by atoms with van der Waals surface area (Å²) in [6, 6.07) is 66.7. The summed E-state index contributed by atoms with van der Waals surface area (Å²) < 4.78 is 40.6. The maximum absolute atomic E-state index is 13.5. The number of halogens is 9. The van der Waals surface area contributed by atoms with Crippen LogP contribution in [0.3, 0.4) is 0 Å². The number of aromatic nitrogens is 13. The molecule has 0 saturated heterocycles. The van der Waals surface area contributed by atoms with Gasteiger partial charge in [-0.3, -0.25) is 0 Å². The Morgan fingerprint density at radius 2 is 0.778 bits per heavy atom. The Labute approximate surface area is 754 Å². The van der Waals surface area contributed by atoms with Crippen molar-refractivity contribution in [2.45, 2.75) is 70.4 Å². The van der Waals surface area contributed by atoms with E-state index in [4.69, 9.17) is 110 Å². The molecule has 636 valence electrons. The summed E-state index contributed by atoms with van der Waals surface area (Å²) in [4.78, 5) is 57.1. The molecule has 23 nitrogen and oxygen atoms in total. The van der Waals surface area contributed by atoms with Gasteiger partial charge in [0.2, 0.25) is 5.95 Å². The molecule has 0 spiro atoms. The summed E-state index contributed by atoms with van der Waals surface area (Å²) in [6.07, 6.45) is 8.01. The van der Waals surface area contributed by atoms with E-state index in [0.29, 0.717) is 96.6 Å². The van der Waals surface area contributed by atoms with E-state index in [1.165, 1.54) is 29.3 Å². The van der Waals surface area contributed by atoms with Crippen LogP contribution in [0.25, 0.3) is 89.3 Å². The van der Waals surface area contributed by atoms with Gasteiger partial charge >= 0.3 is 6.18 Å². The number of nitriles is 2. The SMILES string of the molecule is Clc1ccc(-c2nc(NCCCNc3cc4ccccc4[nH]3)c3ccccc3n2)c(Cl)c1.Clc1ccc(-c2nc(NCCCNc3nc4ccccc4[nH]3)c3ccccc3n2)c(Cl)c1.N#Cc1ccc(NCCNc2nc(-c3ccc(Cl)cc3Cl)nc3c2CCCC3)nc1.N#Cc1ccc(NCCNc2nc(-c3ccccc3C(F)(F)F)nc3c2CCCC3)nc1. The van der Waals surface area contributed by atoms with Gasteiger partial charge in [0.05, 0.1) is 53.8 Å². The van der Waals surface area contributed by atoms with Crippen LogP contribution in [0.2, 0.25) is 30.1 Å². The predicted octanol–water partition coefficient (Wildman–Crippen LogP) is 23.3. The van der Waals surface area contributed by atoms with Crippen LogP contribution in [0.15, 0.2) is 219 Å². The smallest absolute Gasteiger partial charge is 0.372 e. The fraction of sp³-hybridized carbons (Fsp3) is 0.202. The number of pyridine rings is 2. The van der Waals surface area contributed by atoms with E-state index in [2.05, 4.69) is 102 Å². The molecule has 32 heteroatoms. The van der Waals surface area contributed by atoms with Crippen LogP contribution >= 0.6 is 69.6 Å². The number of para-hydroxylation sites is 5. The van der Waals surface area contributed by atoms with Crippen LogP contribution in [0.5, 0.6) is 0 Å². The highest BCUT2D eigenvalue weighted by molar-refractivity contribution is 6.37. The highest BCUT2D eigenvalue weighted by atomic mass is 35.5. The molecule has 10 N–H and O–H groups in total. The minimum atomic E-state index is -4.48. The van der Waals surface area contributed by atoms with E-state index >= 15 is 0 Å². The molecule has 2 aliphatic rings. The molecule has 0 saturated carbocycles. The van der Waals surface area contributed by atoms with E-state index in [1.54, 1.807) is 72.9 Å². The molecular formula is C94H82Cl6F3N23. The van der Waals surface area contributed by atoms with Crippen molar-refractivity contribution in [3.63, 3.8) is 0 Å². The number of anilines is 8. The van der Waals surface area contributed by atoms with E-state index in [9.17, 15) is 13.2 Å². The van der Waals surface area contributed by atoms with E-state index in [0.717, 1.165) is 203 Å². The summed E-state index contributed by atoms with van der Waals surface area (Å²) >= 11 is 37.3. The third kappa shape index (κ3) is 22.7. The first-order valence-corrected chi connectivity index (χ1v) is 43.2. The van der Waals surface area contributed by atoms with Crippen molar-refractivity contribution in [3.05, 3.63) is 288 Å². The molecule has 0 unspecified atom stereocenters. The number of benzene rings is 8. The van der Waals surface area contributed by atoms with Crippen LogP contribution in [-0.2, 0) is 31.9 Å². The third-order valence-corrected chi connectivity index (χ3v) is 22.3. The first-order valence-electron chi connectivity index (χ1n) is 41.0. The van der Waals surface area contributed by atoms with E-state index in [1.807, 2.05) is 109 Å². The van der Waals surface area contributed by atoms with Gasteiger partial charge in [-0.1, -0.05) is 142 Å². The average Bonchev–Trinajstić information content (AvgIpc) is 1.19. The van der Waals surface area contributed by atoms with Gasteiger partial charge in [0.15, 0.2) is 23.3 Å². The standard InChI is InChI=1S/C25H21Cl2N5.C24H20Cl2N6.C23H21F3N6.C22H20Cl2N6/c26-17-10-11-18(20(27)15-17)25-31-22-9-4-2-7-19(22)24(32-25)29-13-5-12-28-23-14-16-6-1-3-8-21(16)30-23;25-15-10-11-16(18(26)14-15)23-29-19-7-2-1-6-17(19)22(32-23)27-12-5-13-28-24-30-20-8-3-4-9-21(20)31-24;24-23(25,26)18-7-3-1-5-16(18)22-31-19-8-4-2-6-17(19)21(32-22)29-12-11-28-20-10-9-15(13-27)14-30-20;23-15-6-7-16(18(24)11-15)22-29-19-4-2-1-3-17(19)21(30-22)27-10-9-26-20-8-5-14(12-25)13-28-20/h1-4,6-11,14-15,28,30H,5,12-13H2,(H,29,31,32);1-4,6-11,14H,5,12-13H2,(H,27,29,32)(H2,28,30,31);1,3,5,7,9-10,14H,2,4,6,8,11-12H2,(H,28,30)(H,29,31,32);5-8,11,13H,1-4,9-10H2,(H,26,28)(H,27,29,30). The van der Waals surface area contributed by atoms with Crippen molar-refractivity contribution in [1.82, 2.24) is 64.8 Å². The van der Waals surface area contributed by atoms with Crippen molar-refractivity contribution >= 4 is 160 Å². The molecule has 0 amide bonds. The number of hydrogen-bond acceptors (Lipinski definition) is 21. The summed E-state index contributed by atoms with van der Waals surface area (Å²) in [5.74, 6) is 8.01. The Bertz CT molecular complexity index is 6320. The molecule has 0 aliphatic heterocycles. The molecule has 8 aromatic heterocycles. The minimum absolute atomic E-state index is 0.0173. The summed E-state index contributed by atoms with van der Waals surface area (Å²) in [5.41, 5.74) is 11.4. The molecule has 0 fully saturated rings. The van der Waals surface area contributed by atoms with Gasteiger partial charge in [0, 0.05) is 146 Å². The Kier molecular flexibility index (Phi) is 29.2. The number of nitrogens with zero attached hydrogens (tertiary/aromatic N) is 13. The topological polar surface area (TPSA) is 317 Å². The molecule has 16 aromatic rings. The second kappa shape index (κ2) is 42.0. The largest absolute Gasteiger partial charge is 0.417 e. The zero-order valence-electron chi connectivity index (χ0n) is 67.7. The molecule has 0 atom stereocenters. The first-order chi connectivity index (χ1) is 61.4. The summed E-state index contributed by atoms with van der Waals surface area (Å²) in [6.45, 7) is 5.44. The van der Waals surface area contributed by atoms with Gasteiger partial charge in [-0.15, -0.1) is 0 Å². The van der Waals surface area contributed by atoms with Gasteiger partial charge in [0.25, 0.3) is 0 Å². The second-order valence-corrected chi connectivity index (χ2v) is 31.9. The molecular weight excluding hydrogens is 1720 g/mol. The number of aryl methyl sites for hydroxylation is 2. The van der Waals surface area contributed by atoms with E-state index < -0.39 is 11.7 Å². The normalized spacial score (nSPS) is 12.1. The van der Waals surface area contributed by atoms with Crippen molar-refractivity contribution in [1.29, 1.82) is 10.5 Å². The van der Waals surface area contributed by atoms with Crippen LogP contribution in [0.4, 0.5) is 59.8 Å². The molecule has 18 rings (SSSR count). The van der Waals surface area contributed by atoms with Crippen molar-refractivity contribution < 1.29 is 13.2 Å². The van der Waals surface area contributed by atoms with Gasteiger partial charge < -0.3 is 52.5 Å². The fourth-order valence-corrected chi connectivity index (χ4v) is 15.9. The molecule has 126 heavy (non-hydrogen) atoms. The molecule has 8 heterocycles. The lowest BCUT2D eigenvalue weighted by molar-refractivity contribution is -0.137. The third-order valence-electron chi connectivity index (χ3n) is 20.6. The number of fused-ring (bicyclic) bond motifs is 6. The number of H-pyrrole nitrogens is 2. The van der Waals surface area contributed by atoms with Gasteiger partial charge in [-0.25, -0.2) is 54.8 Å². The average molecular weight is 1800 g/mol. The van der Waals surface area contributed by atoms with Crippen LogP contribution in [-0.4, -0.2) is 117 Å². The van der Waals surface area contributed by atoms with E-state index in [-0.39, 0.29) is 11.4 Å². The zero-order chi connectivity index (χ0) is 87.3. The Morgan fingerprint density at radius 3 is 1.26 bits per heavy atom. The number of alkyl halides is 3. The lowest BCUT2D eigenvalue weighted by Gasteiger charge is -2.21.